The molecule has 0 saturated heterocycles. The van der Waals surface area contributed by atoms with Crippen LogP contribution in [0.15, 0.2) is 34.9 Å². The van der Waals surface area contributed by atoms with Crippen LogP contribution in [0, 0.1) is 0 Å². The molecule has 0 radical (unpaired) electrons. The van der Waals surface area contributed by atoms with E-state index in [0.717, 1.165) is 16.3 Å². The summed E-state index contributed by atoms with van der Waals surface area (Å²) in [5.41, 5.74) is 0.187. The molecule has 172 valence electrons. The second-order valence-electron chi connectivity index (χ2n) is 7.24. The quantitative estimate of drug-likeness (QED) is 0.495. The Labute approximate surface area is 200 Å². The van der Waals surface area contributed by atoms with E-state index < -0.39 is 23.9 Å². The van der Waals surface area contributed by atoms with E-state index in [-0.39, 0.29) is 33.9 Å². The second kappa shape index (κ2) is 9.06. The first kappa shape index (κ1) is 23.1. The van der Waals surface area contributed by atoms with Gasteiger partial charge in [-0.15, -0.1) is 0 Å². The molecule has 0 fully saturated rings. The summed E-state index contributed by atoms with van der Waals surface area (Å²) in [6.07, 6.45) is -1.09. The minimum absolute atomic E-state index is 0.00733. The summed E-state index contributed by atoms with van der Waals surface area (Å²) in [5, 5.41) is 9.09. The highest BCUT2D eigenvalue weighted by atomic mass is 79.9. The van der Waals surface area contributed by atoms with Crippen LogP contribution in [-0.4, -0.2) is 39.7 Å². The highest BCUT2D eigenvalue weighted by molar-refractivity contribution is 9.10. The number of aromatic nitrogens is 3. The molecule has 0 bridgehead atoms. The Balaban J connectivity index is 1.81. The molecule has 1 aliphatic heterocycles. The molecule has 4 rings (SSSR count). The monoisotopic (exact) mass is 539 g/mol. The van der Waals surface area contributed by atoms with Crippen molar-refractivity contribution in [3.63, 3.8) is 0 Å². The minimum Gasteiger partial charge on any atom is -0.489 e. The number of hydrogen-bond donors (Lipinski definition) is 2. The highest BCUT2D eigenvalue weighted by Gasteiger charge is 2.31. The molecule has 8 nitrogen and oxygen atoms in total. The number of ether oxygens (including phenoxy) is 1. The third-order valence-electron chi connectivity index (χ3n) is 4.95. The van der Waals surface area contributed by atoms with Crippen LogP contribution in [0.4, 0.5) is 14.5 Å². The van der Waals surface area contributed by atoms with Gasteiger partial charge < -0.3 is 15.4 Å². The predicted molar refractivity (Wildman–Crippen MR) is 121 cm³/mol. The van der Waals surface area contributed by atoms with E-state index >= 15 is 0 Å². The largest absolute Gasteiger partial charge is 0.489 e. The number of fused-ring (bicyclic) bond motifs is 1. The van der Waals surface area contributed by atoms with E-state index in [0.29, 0.717) is 16.6 Å². The van der Waals surface area contributed by atoms with Gasteiger partial charge in [0.2, 0.25) is 0 Å². The Hall–Kier alpha value is -3.05. The van der Waals surface area contributed by atoms with Gasteiger partial charge in [0.1, 0.15) is 28.8 Å². The molecule has 1 atom stereocenters. The predicted octanol–water partition coefficient (Wildman–Crippen LogP) is 4.56. The van der Waals surface area contributed by atoms with Gasteiger partial charge in [0.15, 0.2) is 5.82 Å². The van der Waals surface area contributed by atoms with Crippen LogP contribution in [-0.2, 0) is 6.42 Å². The molecule has 3 heterocycles. The first-order chi connectivity index (χ1) is 15.7. The van der Waals surface area contributed by atoms with E-state index in [1.54, 1.807) is 12.1 Å². The van der Waals surface area contributed by atoms with Crippen molar-refractivity contribution in [2.45, 2.75) is 25.9 Å². The third-order valence-corrected chi connectivity index (χ3v) is 5.87. The number of hydrogen-bond acceptors (Lipinski definition) is 5. The van der Waals surface area contributed by atoms with Crippen molar-refractivity contribution >= 4 is 45.0 Å². The van der Waals surface area contributed by atoms with Crippen molar-refractivity contribution in [2.75, 3.05) is 12.4 Å². The van der Waals surface area contributed by atoms with Crippen LogP contribution < -0.4 is 15.4 Å². The van der Waals surface area contributed by atoms with Gasteiger partial charge in [-0.05, 0) is 52.7 Å². The summed E-state index contributed by atoms with van der Waals surface area (Å²) >= 11 is 9.55. The van der Waals surface area contributed by atoms with Gasteiger partial charge >= 0.3 is 0 Å². The van der Waals surface area contributed by atoms with E-state index in [9.17, 15) is 18.4 Å². The number of halogens is 4. The molecule has 2 aromatic heterocycles. The number of nitrogens with zero attached hydrogens (tertiary/aromatic N) is 3. The van der Waals surface area contributed by atoms with Crippen molar-refractivity contribution in [2.24, 2.45) is 0 Å². The average Bonchev–Trinajstić information content (AvgIpc) is 3.37. The fourth-order valence-electron chi connectivity index (χ4n) is 3.53. The van der Waals surface area contributed by atoms with Gasteiger partial charge in [-0.2, -0.15) is 5.10 Å². The minimum atomic E-state index is -2.93. The maximum atomic E-state index is 13.4. The lowest BCUT2D eigenvalue weighted by Gasteiger charge is -2.16. The summed E-state index contributed by atoms with van der Waals surface area (Å²) in [5.74, 6) is -0.915. The molecule has 12 heteroatoms. The van der Waals surface area contributed by atoms with Crippen molar-refractivity contribution in [3.8, 4) is 11.6 Å². The number of anilines is 1. The molecule has 1 aliphatic rings. The smallest absolute Gasteiger partial charge is 0.282 e. The Morgan fingerprint density at radius 2 is 2.09 bits per heavy atom. The number of alkyl halides is 2. The van der Waals surface area contributed by atoms with Gasteiger partial charge in [-0.3, -0.25) is 9.59 Å². The number of pyridine rings is 1. The highest BCUT2D eigenvalue weighted by Crippen LogP contribution is 2.42. The maximum absolute atomic E-state index is 13.4. The molecule has 33 heavy (non-hydrogen) atoms. The Morgan fingerprint density at radius 1 is 1.33 bits per heavy atom. The molecule has 0 spiro atoms. The summed E-state index contributed by atoms with van der Waals surface area (Å²) in [4.78, 5) is 30.0. The van der Waals surface area contributed by atoms with E-state index in [1.807, 2.05) is 6.92 Å². The normalized spacial score (nSPS) is 14.7. The molecule has 1 unspecified atom stereocenters. The van der Waals surface area contributed by atoms with Crippen molar-refractivity contribution in [1.29, 1.82) is 0 Å². The summed E-state index contributed by atoms with van der Waals surface area (Å²) in [6.45, 7) is 1.86. The molecular weight excluding hydrogens is 524 g/mol. The van der Waals surface area contributed by atoms with Gasteiger partial charge in [0.05, 0.1) is 10.7 Å². The zero-order valence-corrected chi connectivity index (χ0v) is 19.7. The van der Waals surface area contributed by atoms with E-state index in [1.165, 1.54) is 19.3 Å². The second-order valence-corrected chi connectivity index (χ2v) is 8.50. The van der Waals surface area contributed by atoms with Crippen LogP contribution in [0.5, 0.6) is 5.75 Å². The molecular formula is C21H17BrClF2N5O3. The van der Waals surface area contributed by atoms with Crippen LogP contribution in [0.1, 0.15) is 45.5 Å². The molecule has 2 amide bonds. The summed E-state index contributed by atoms with van der Waals surface area (Å²) in [7, 11) is 1.45. The van der Waals surface area contributed by atoms with Crippen molar-refractivity contribution < 1.29 is 23.1 Å². The number of benzene rings is 1. The fourth-order valence-corrected chi connectivity index (χ4v) is 4.30. The molecule has 0 aliphatic carbocycles. The molecule has 3 aromatic rings. The number of carbonyl (C=O) groups is 2. The van der Waals surface area contributed by atoms with E-state index in [4.69, 9.17) is 16.3 Å². The third kappa shape index (κ3) is 4.30. The first-order valence-electron chi connectivity index (χ1n) is 9.75. The van der Waals surface area contributed by atoms with Crippen molar-refractivity contribution in [3.05, 3.63) is 62.5 Å². The molecule has 2 N–H and O–H groups in total. The van der Waals surface area contributed by atoms with Crippen LogP contribution in [0.25, 0.3) is 5.82 Å². The number of amides is 2. The number of rotatable bonds is 5. The Morgan fingerprint density at radius 3 is 2.76 bits per heavy atom. The average molecular weight is 541 g/mol. The maximum Gasteiger partial charge on any atom is 0.282 e. The first-order valence-corrected chi connectivity index (χ1v) is 10.9. The zero-order chi connectivity index (χ0) is 23.9. The lowest BCUT2D eigenvalue weighted by Crippen LogP contribution is -2.24. The Kier molecular flexibility index (Phi) is 6.35. The molecule has 0 saturated carbocycles. The van der Waals surface area contributed by atoms with Crippen LogP contribution in [0.3, 0.4) is 0 Å². The standard InChI is InChI=1S/C21H17BrClF2N5O3/c1-9-6-10-7-11(22)16(15(17(10)33-9)21(32)26-2)28-20(31)14-8-13(18(24)25)29-30(14)19-12(23)4-3-5-27-19/h3-5,7-9,18H,6H2,1-2H3,(H,26,32)(H,28,31). The van der Waals surface area contributed by atoms with Crippen LogP contribution in [0.2, 0.25) is 5.02 Å². The number of carbonyl (C=O) groups excluding carboxylic acids is 2. The molecule has 1 aromatic carbocycles. The van der Waals surface area contributed by atoms with Gasteiger partial charge in [-0.1, -0.05) is 11.6 Å². The SMILES string of the molecule is CNC(=O)c1c(NC(=O)c2cc(C(F)F)nn2-c2ncccc2Cl)c(Br)cc2c1OC(C)C2. The van der Waals surface area contributed by atoms with Crippen molar-refractivity contribution in [1.82, 2.24) is 20.1 Å². The zero-order valence-electron chi connectivity index (χ0n) is 17.3. The van der Waals surface area contributed by atoms with Gasteiger partial charge in [0.25, 0.3) is 18.2 Å². The van der Waals surface area contributed by atoms with Gasteiger partial charge in [0, 0.05) is 24.1 Å². The lowest BCUT2D eigenvalue weighted by molar-refractivity contribution is 0.0959. The summed E-state index contributed by atoms with van der Waals surface area (Å²) in [6, 6.07) is 5.75. The topological polar surface area (TPSA) is 98.1 Å². The number of nitrogens with one attached hydrogen (secondary N) is 2. The Bertz CT molecular complexity index is 1270. The van der Waals surface area contributed by atoms with E-state index in [2.05, 4.69) is 36.6 Å². The fraction of sp³-hybridized carbons (Fsp3) is 0.238. The lowest BCUT2D eigenvalue weighted by atomic mass is 10.0. The van der Waals surface area contributed by atoms with Crippen LogP contribution >= 0.6 is 27.5 Å². The van der Waals surface area contributed by atoms with Gasteiger partial charge in [-0.25, -0.2) is 18.4 Å². The summed E-state index contributed by atoms with van der Waals surface area (Å²) < 4.78 is 34.0.